The Hall–Kier alpha value is -2.38. The van der Waals surface area contributed by atoms with Crippen molar-refractivity contribution in [2.24, 2.45) is 11.7 Å². The minimum absolute atomic E-state index is 0.185. The topological polar surface area (TPSA) is 208 Å². The van der Waals surface area contributed by atoms with Gasteiger partial charge in [-0.1, -0.05) is 20.3 Å². The van der Waals surface area contributed by atoms with Gasteiger partial charge in [0.2, 0.25) is 17.7 Å². The summed E-state index contributed by atoms with van der Waals surface area (Å²) in [7, 11) is 0. The van der Waals surface area contributed by atoms with E-state index in [1.807, 2.05) is 6.92 Å². The summed E-state index contributed by atoms with van der Waals surface area (Å²) in [5, 5.41) is 34.0. The molecule has 0 fully saturated rings. The maximum atomic E-state index is 12.4. The number of carbonyl (C=O) groups is 5. The highest BCUT2D eigenvalue weighted by Gasteiger charge is 2.30. The second-order valence-electron chi connectivity index (χ2n) is 6.73. The maximum Gasteiger partial charge on any atom is 0.327 e. The molecule has 0 aliphatic carbocycles. The van der Waals surface area contributed by atoms with Gasteiger partial charge in [-0.15, -0.1) is 0 Å². The van der Waals surface area contributed by atoms with E-state index in [0.717, 1.165) is 0 Å². The molecule has 0 radical (unpaired) electrons. The fourth-order valence-electron chi connectivity index (χ4n) is 2.24. The van der Waals surface area contributed by atoms with Crippen LogP contribution in [-0.4, -0.2) is 81.5 Å². The molecular formula is C17H30N4O8S. The molecule has 0 saturated heterocycles. The van der Waals surface area contributed by atoms with Gasteiger partial charge in [0.05, 0.1) is 12.6 Å². The third-order valence-corrected chi connectivity index (χ3v) is 4.82. The highest BCUT2D eigenvalue weighted by atomic mass is 32.1. The van der Waals surface area contributed by atoms with E-state index in [4.69, 9.17) is 15.9 Å². The first kappa shape index (κ1) is 27.6. The molecule has 30 heavy (non-hydrogen) atoms. The van der Waals surface area contributed by atoms with Gasteiger partial charge in [0.15, 0.2) is 0 Å². The van der Waals surface area contributed by atoms with Gasteiger partial charge in [-0.05, 0) is 12.3 Å². The van der Waals surface area contributed by atoms with Crippen LogP contribution < -0.4 is 21.7 Å². The molecule has 0 rings (SSSR count). The number of thiol groups is 1. The molecule has 0 bridgehead atoms. The Morgan fingerprint density at radius 3 is 1.87 bits per heavy atom. The van der Waals surface area contributed by atoms with Crippen molar-refractivity contribution in [2.75, 3.05) is 12.4 Å². The van der Waals surface area contributed by atoms with Crippen LogP contribution >= 0.6 is 12.6 Å². The Kier molecular flexibility index (Phi) is 12.7. The molecular weight excluding hydrogens is 420 g/mol. The smallest absolute Gasteiger partial charge is 0.327 e. The molecule has 0 aromatic carbocycles. The molecule has 13 heteroatoms. The molecule has 5 unspecified atom stereocenters. The van der Waals surface area contributed by atoms with Gasteiger partial charge in [-0.2, -0.15) is 12.6 Å². The van der Waals surface area contributed by atoms with Crippen LogP contribution in [0.3, 0.4) is 0 Å². The van der Waals surface area contributed by atoms with Crippen molar-refractivity contribution in [2.45, 2.75) is 57.3 Å². The molecule has 172 valence electrons. The molecule has 0 aromatic heterocycles. The molecule has 0 saturated carbocycles. The average molecular weight is 451 g/mol. The maximum absolute atomic E-state index is 12.4. The molecule has 3 amide bonds. The number of nitrogens with two attached hydrogens (primary N) is 1. The summed E-state index contributed by atoms with van der Waals surface area (Å²) in [4.78, 5) is 58.8. The second kappa shape index (κ2) is 13.8. The summed E-state index contributed by atoms with van der Waals surface area (Å²) >= 11 is 3.81. The minimum Gasteiger partial charge on any atom is -0.481 e. The highest BCUT2D eigenvalue weighted by molar-refractivity contribution is 7.80. The number of nitrogens with one attached hydrogen (secondary N) is 3. The highest BCUT2D eigenvalue weighted by Crippen LogP contribution is 2.06. The van der Waals surface area contributed by atoms with Crippen molar-refractivity contribution < 1.29 is 39.3 Å². The minimum atomic E-state index is -1.44. The number of rotatable bonds is 14. The second-order valence-corrected chi connectivity index (χ2v) is 7.10. The van der Waals surface area contributed by atoms with Crippen LogP contribution in [-0.2, 0) is 24.0 Å². The molecule has 0 aliphatic heterocycles. The zero-order chi connectivity index (χ0) is 23.4. The average Bonchev–Trinajstić information content (AvgIpc) is 2.70. The Morgan fingerprint density at radius 1 is 0.933 bits per heavy atom. The first-order valence-corrected chi connectivity index (χ1v) is 9.94. The molecule has 0 aromatic rings. The lowest BCUT2D eigenvalue weighted by Gasteiger charge is -2.24. The van der Waals surface area contributed by atoms with Gasteiger partial charge in [-0.3, -0.25) is 19.2 Å². The van der Waals surface area contributed by atoms with Crippen LogP contribution in [0.5, 0.6) is 0 Å². The van der Waals surface area contributed by atoms with Gasteiger partial charge < -0.3 is 37.0 Å². The van der Waals surface area contributed by atoms with E-state index in [2.05, 4.69) is 28.6 Å². The first-order valence-electron chi connectivity index (χ1n) is 9.31. The molecule has 5 atom stereocenters. The third-order valence-electron chi connectivity index (χ3n) is 4.45. The zero-order valence-electron chi connectivity index (χ0n) is 16.8. The number of aliphatic hydroxyl groups is 1. The number of hydrogen-bond donors (Lipinski definition) is 8. The lowest BCUT2D eigenvalue weighted by Crippen LogP contribution is -2.58. The van der Waals surface area contributed by atoms with Crippen LogP contribution in [0.1, 0.15) is 33.1 Å². The van der Waals surface area contributed by atoms with Crippen molar-refractivity contribution in [3.8, 4) is 0 Å². The molecule has 12 nitrogen and oxygen atoms in total. The largest absolute Gasteiger partial charge is 0.481 e. The van der Waals surface area contributed by atoms with E-state index in [9.17, 15) is 29.1 Å². The standard InChI is InChI=1S/C17H30N4O8S/c1-3-8(2)13(18)16(27)20-10(6-22)15(26)19-9(4-5-12(23)24)14(25)21-11(7-30)17(28)29/h8-11,13,22,30H,3-7,18H2,1-2H3,(H,19,26)(H,20,27)(H,21,25)(H,23,24)(H,28,29). The summed E-state index contributed by atoms with van der Waals surface area (Å²) in [6, 6.07) is -5.13. The lowest BCUT2D eigenvalue weighted by atomic mass is 9.99. The Morgan fingerprint density at radius 2 is 1.43 bits per heavy atom. The number of aliphatic carboxylic acids is 2. The van der Waals surface area contributed by atoms with Crippen LogP contribution in [0, 0.1) is 5.92 Å². The van der Waals surface area contributed by atoms with Crippen molar-refractivity contribution in [3.05, 3.63) is 0 Å². The quantitative estimate of drug-likeness (QED) is 0.133. The monoisotopic (exact) mass is 450 g/mol. The van der Waals surface area contributed by atoms with E-state index in [1.54, 1.807) is 6.92 Å². The molecule has 0 heterocycles. The van der Waals surface area contributed by atoms with Gasteiger partial charge in [0.1, 0.15) is 18.1 Å². The van der Waals surface area contributed by atoms with E-state index in [0.29, 0.717) is 6.42 Å². The van der Waals surface area contributed by atoms with Gasteiger partial charge in [-0.25, -0.2) is 4.79 Å². The SMILES string of the molecule is CCC(C)C(N)C(=O)NC(CO)C(=O)NC(CCC(=O)O)C(=O)NC(CS)C(=O)O. The number of carboxylic acids is 2. The first-order chi connectivity index (χ1) is 14.0. The summed E-state index contributed by atoms with van der Waals surface area (Å²) in [5.41, 5.74) is 5.79. The fourth-order valence-corrected chi connectivity index (χ4v) is 2.49. The lowest BCUT2D eigenvalue weighted by molar-refractivity contribution is -0.142. The van der Waals surface area contributed by atoms with Crippen LogP contribution in [0.4, 0.5) is 0 Å². The molecule has 8 N–H and O–H groups in total. The summed E-state index contributed by atoms with van der Waals surface area (Å²) in [5.74, 6) is -5.58. The van der Waals surface area contributed by atoms with Crippen LogP contribution in [0.15, 0.2) is 0 Å². The number of carboxylic acid groups (broad SMARTS) is 2. The van der Waals surface area contributed by atoms with Gasteiger partial charge >= 0.3 is 11.9 Å². The van der Waals surface area contributed by atoms with E-state index in [-0.39, 0.29) is 18.1 Å². The van der Waals surface area contributed by atoms with Gasteiger partial charge in [0.25, 0.3) is 0 Å². The fraction of sp³-hybridized carbons (Fsp3) is 0.706. The van der Waals surface area contributed by atoms with Crippen LogP contribution in [0.25, 0.3) is 0 Å². The van der Waals surface area contributed by atoms with Crippen LogP contribution in [0.2, 0.25) is 0 Å². The number of aliphatic hydroxyl groups excluding tert-OH is 1. The molecule has 0 aliphatic rings. The Labute approximate surface area is 179 Å². The zero-order valence-corrected chi connectivity index (χ0v) is 17.7. The summed E-state index contributed by atoms with van der Waals surface area (Å²) in [6.07, 6.45) is -0.228. The summed E-state index contributed by atoms with van der Waals surface area (Å²) < 4.78 is 0. The van der Waals surface area contributed by atoms with Crippen molar-refractivity contribution >= 4 is 42.3 Å². The number of hydrogen-bond acceptors (Lipinski definition) is 8. The van der Waals surface area contributed by atoms with Crippen molar-refractivity contribution in [1.29, 1.82) is 0 Å². The van der Waals surface area contributed by atoms with E-state index in [1.165, 1.54) is 0 Å². The molecule has 0 spiro atoms. The third kappa shape index (κ3) is 9.41. The van der Waals surface area contributed by atoms with E-state index >= 15 is 0 Å². The summed E-state index contributed by atoms with van der Waals surface area (Å²) in [6.45, 7) is 2.77. The van der Waals surface area contributed by atoms with Crippen molar-refractivity contribution in [1.82, 2.24) is 16.0 Å². The Balaban J connectivity index is 5.26. The number of carbonyl (C=O) groups excluding carboxylic acids is 3. The predicted molar refractivity (Wildman–Crippen MR) is 109 cm³/mol. The van der Waals surface area contributed by atoms with E-state index < -0.39 is 66.9 Å². The Bertz CT molecular complexity index is 633. The normalized spacial score (nSPS) is 15.8. The van der Waals surface area contributed by atoms with Gasteiger partial charge in [0, 0.05) is 12.2 Å². The van der Waals surface area contributed by atoms with Crippen molar-refractivity contribution in [3.63, 3.8) is 0 Å². The number of amides is 3. The predicted octanol–water partition coefficient (Wildman–Crippen LogP) is -2.31.